The molecule has 0 unspecified atom stereocenters. The maximum atomic E-state index is 14.9. The van der Waals surface area contributed by atoms with E-state index in [1.54, 1.807) is 17.0 Å². The van der Waals surface area contributed by atoms with Crippen molar-refractivity contribution in [3.8, 4) is 11.9 Å². The van der Waals surface area contributed by atoms with Crippen LogP contribution in [0.25, 0.3) is 10.9 Å². The number of rotatable bonds is 8. The van der Waals surface area contributed by atoms with Crippen LogP contribution in [0.3, 0.4) is 0 Å². The van der Waals surface area contributed by atoms with E-state index in [0.717, 1.165) is 6.42 Å². The van der Waals surface area contributed by atoms with Gasteiger partial charge in [-0.2, -0.15) is 19.0 Å². The van der Waals surface area contributed by atoms with Gasteiger partial charge >= 0.3 is 0 Å². The summed E-state index contributed by atoms with van der Waals surface area (Å²) >= 11 is 5.84. The number of anilines is 2. The first-order chi connectivity index (χ1) is 19.2. The van der Waals surface area contributed by atoms with E-state index in [9.17, 15) is 23.9 Å². The fraction of sp³-hybridized carbons (Fsp3) is 0.345. The summed E-state index contributed by atoms with van der Waals surface area (Å²) in [5.74, 6) is -2.80. The van der Waals surface area contributed by atoms with Crippen molar-refractivity contribution in [2.75, 3.05) is 23.0 Å². The van der Waals surface area contributed by atoms with Crippen molar-refractivity contribution in [3.05, 3.63) is 65.5 Å². The number of aryl methyl sites for hydroxylation is 1. The van der Waals surface area contributed by atoms with Gasteiger partial charge in [0.25, 0.3) is 11.8 Å². The molecule has 3 aromatic rings. The zero-order valence-corrected chi connectivity index (χ0v) is 22.8. The number of benzene rings is 2. The standard InChI is InChI=1S/C29H27F2N5O3S/c1-3-10-29(30,31)22-16-19(7-6-18(22)17-32)35-26(38)28(11-5-12-28)36(27(35)40)20-8-9-23-21(15-20)25(39-14-13-37)34-24(4-2)33-23/h3,6-10,15-16,37H,4-5,11-14H2,1-2H3/b10-3+. The highest BCUT2D eigenvalue weighted by Gasteiger charge is 2.59. The van der Waals surface area contributed by atoms with Gasteiger partial charge in [-0.25, -0.2) is 4.98 Å². The molecule has 0 radical (unpaired) electrons. The molecule has 1 aliphatic carbocycles. The summed E-state index contributed by atoms with van der Waals surface area (Å²) in [5.41, 5.74) is -0.212. The Morgan fingerprint density at radius 2 is 1.98 bits per heavy atom. The van der Waals surface area contributed by atoms with Crippen molar-refractivity contribution >= 4 is 45.5 Å². The normalized spacial score (nSPS) is 16.7. The lowest BCUT2D eigenvalue weighted by Gasteiger charge is -2.43. The summed E-state index contributed by atoms with van der Waals surface area (Å²) < 4.78 is 35.6. The molecule has 1 N–H and O–H groups in total. The number of aliphatic hydroxyl groups is 1. The molecule has 40 heavy (non-hydrogen) atoms. The summed E-state index contributed by atoms with van der Waals surface area (Å²) in [4.78, 5) is 26.1. The van der Waals surface area contributed by atoms with E-state index in [-0.39, 0.29) is 35.5 Å². The van der Waals surface area contributed by atoms with Crippen LogP contribution in [-0.2, 0) is 17.1 Å². The Morgan fingerprint density at radius 3 is 2.60 bits per heavy atom. The van der Waals surface area contributed by atoms with Gasteiger partial charge in [0.2, 0.25) is 5.88 Å². The van der Waals surface area contributed by atoms with Crippen molar-refractivity contribution in [3.63, 3.8) is 0 Å². The highest BCUT2D eigenvalue weighted by atomic mass is 32.1. The van der Waals surface area contributed by atoms with Crippen molar-refractivity contribution in [2.45, 2.75) is 51.0 Å². The summed E-state index contributed by atoms with van der Waals surface area (Å²) in [6.07, 6.45) is 4.41. The number of hydrogen-bond acceptors (Lipinski definition) is 7. The molecule has 1 aromatic heterocycles. The predicted molar refractivity (Wildman–Crippen MR) is 151 cm³/mol. The number of halogens is 2. The quantitative estimate of drug-likeness (QED) is 0.296. The minimum absolute atomic E-state index is 0.0523. The Hall–Kier alpha value is -4.01. The van der Waals surface area contributed by atoms with Crippen LogP contribution in [0.15, 0.2) is 48.6 Å². The van der Waals surface area contributed by atoms with E-state index >= 15 is 0 Å². The van der Waals surface area contributed by atoms with E-state index in [0.29, 0.717) is 53.6 Å². The lowest BCUT2D eigenvalue weighted by Crippen LogP contribution is -2.55. The van der Waals surface area contributed by atoms with Crippen molar-refractivity contribution in [1.82, 2.24) is 9.97 Å². The van der Waals surface area contributed by atoms with Gasteiger partial charge in [0, 0.05) is 17.7 Å². The largest absolute Gasteiger partial charge is 0.475 e. The first-order valence-electron chi connectivity index (χ1n) is 13.0. The molecule has 2 aliphatic rings. The van der Waals surface area contributed by atoms with Crippen LogP contribution in [0, 0.1) is 11.3 Å². The van der Waals surface area contributed by atoms with Crippen LogP contribution < -0.4 is 14.5 Å². The van der Waals surface area contributed by atoms with Crippen LogP contribution in [0.2, 0.25) is 0 Å². The Morgan fingerprint density at radius 1 is 1.23 bits per heavy atom. The molecule has 206 valence electrons. The fourth-order valence-corrected chi connectivity index (χ4v) is 5.70. The van der Waals surface area contributed by atoms with Crippen LogP contribution in [-0.4, -0.2) is 44.8 Å². The lowest BCUT2D eigenvalue weighted by molar-refractivity contribution is -0.123. The van der Waals surface area contributed by atoms with Gasteiger partial charge in [-0.3, -0.25) is 9.69 Å². The molecule has 1 saturated heterocycles. The first kappa shape index (κ1) is 27.6. The molecule has 5 rings (SSSR count). The third-order valence-corrected chi connectivity index (χ3v) is 7.67. The molecule has 1 aliphatic heterocycles. The Labute approximate surface area is 235 Å². The Kier molecular flexibility index (Phi) is 7.25. The molecule has 8 nitrogen and oxygen atoms in total. The summed E-state index contributed by atoms with van der Waals surface area (Å²) in [7, 11) is 0. The van der Waals surface area contributed by atoms with Crippen molar-refractivity contribution < 1.29 is 23.4 Å². The van der Waals surface area contributed by atoms with Crippen molar-refractivity contribution in [1.29, 1.82) is 5.26 Å². The first-order valence-corrected chi connectivity index (χ1v) is 13.4. The van der Waals surface area contributed by atoms with Gasteiger partial charge in [-0.15, -0.1) is 0 Å². The number of alkyl halides is 2. The van der Waals surface area contributed by atoms with E-state index in [1.807, 2.05) is 19.1 Å². The maximum Gasteiger partial charge on any atom is 0.293 e. The highest BCUT2D eigenvalue weighted by Crippen LogP contribution is 2.49. The molecule has 0 atom stereocenters. The third kappa shape index (κ3) is 4.37. The molecule has 0 bridgehead atoms. The maximum absolute atomic E-state index is 14.9. The van der Waals surface area contributed by atoms with Crippen LogP contribution in [0.1, 0.15) is 50.1 Å². The molecule has 1 saturated carbocycles. The van der Waals surface area contributed by atoms with Crippen molar-refractivity contribution in [2.24, 2.45) is 0 Å². The van der Waals surface area contributed by atoms with Gasteiger partial charge in [0.15, 0.2) is 5.11 Å². The number of aliphatic hydroxyl groups excluding tert-OH is 1. The average Bonchev–Trinajstić information content (AvgIpc) is 3.17. The van der Waals surface area contributed by atoms with Gasteiger partial charge in [-0.05, 0) is 80.9 Å². The molecule has 11 heteroatoms. The topological polar surface area (TPSA) is 103 Å². The number of carbonyl (C=O) groups is 1. The number of aromatic nitrogens is 2. The van der Waals surface area contributed by atoms with Gasteiger partial charge in [-0.1, -0.05) is 13.0 Å². The molecule has 1 amide bonds. The van der Waals surface area contributed by atoms with Gasteiger partial charge in [0.05, 0.1) is 34.8 Å². The second-order valence-corrected chi connectivity index (χ2v) is 10.0. The molecular weight excluding hydrogens is 536 g/mol. The monoisotopic (exact) mass is 563 g/mol. The number of amides is 1. The molecule has 2 heterocycles. The van der Waals surface area contributed by atoms with Crippen LogP contribution in [0.4, 0.5) is 20.2 Å². The predicted octanol–water partition coefficient (Wildman–Crippen LogP) is 5.16. The number of carbonyl (C=O) groups excluding carboxylic acids is 1. The average molecular weight is 564 g/mol. The van der Waals surface area contributed by atoms with Gasteiger partial charge in [0.1, 0.15) is 18.0 Å². The minimum Gasteiger partial charge on any atom is -0.475 e. The third-order valence-electron chi connectivity index (χ3n) is 7.30. The fourth-order valence-electron chi connectivity index (χ4n) is 5.24. The van der Waals surface area contributed by atoms with Crippen LogP contribution in [0.5, 0.6) is 5.88 Å². The molecule has 1 spiro atoms. The van der Waals surface area contributed by atoms with E-state index in [2.05, 4.69) is 9.97 Å². The number of nitrogens with zero attached hydrogens (tertiary/aromatic N) is 5. The van der Waals surface area contributed by atoms with Gasteiger partial charge < -0.3 is 14.7 Å². The smallest absolute Gasteiger partial charge is 0.293 e. The SMILES string of the molecule is C/C=C/C(F)(F)c1cc(N2C(=O)C3(CCC3)N(c3ccc4nc(CC)nc(OCCO)c4c3)C2=S)ccc1C#N. The molecular formula is C29H27F2N5O3S. The number of allylic oxidation sites excluding steroid dienone is 2. The molecule has 2 aromatic carbocycles. The second-order valence-electron chi connectivity index (χ2n) is 9.68. The Bertz CT molecular complexity index is 1580. The van der Waals surface area contributed by atoms with Crippen LogP contribution >= 0.6 is 12.2 Å². The number of ether oxygens (including phenoxy) is 1. The number of hydrogen-bond donors (Lipinski definition) is 1. The highest BCUT2D eigenvalue weighted by molar-refractivity contribution is 7.81. The number of nitriles is 1. The summed E-state index contributed by atoms with van der Waals surface area (Å²) in [6.45, 7) is 3.27. The minimum atomic E-state index is -3.41. The summed E-state index contributed by atoms with van der Waals surface area (Å²) in [5, 5.41) is 19.5. The zero-order valence-electron chi connectivity index (χ0n) is 22.0. The summed E-state index contributed by atoms with van der Waals surface area (Å²) in [6, 6.07) is 11.2. The number of thiocarbonyl (C=S) groups is 1. The molecule has 2 fully saturated rings. The lowest BCUT2D eigenvalue weighted by atomic mass is 9.75. The number of fused-ring (bicyclic) bond motifs is 1. The Balaban J connectivity index is 1.62. The van der Waals surface area contributed by atoms with E-state index < -0.39 is 17.0 Å². The zero-order chi connectivity index (χ0) is 28.7. The second kappa shape index (κ2) is 10.5. The van der Waals surface area contributed by atoms with E-state index in [1.165, 1.54) is 36.1 Å². The van der Waals surface area contributed by atoms with E-state index in [4.69, 9.17) is 17.0 Å².